The standard InChI is InChI=1S/C16H25N5O/c1-4-5-9-20(10-11-22)12-15-17-18-19-21(15)16-13(2)7-6-8-14(16)3/h6-8,22H,4-5,9-12H2,1-3H3. The predicted octanol–water partition coefficient (Wildman–Crippen LogP) is 1.87. The molecule has 6 heteroatoms. The molecular formula is C16H25N5O. The van der Waals surface area contributed by atoms with Crippen LogP contribution in [0.2, 0.25) is 0 Å². The lowest BCUT2D eigenvalue weighted by Crippen LogP contribution is -2.29. The van der Waals surface area contributed by atoms with E-state index in [9.17, 15) is 5.11 Å². The van der Waals surface area contributed by atoms with Crippen molar-refractivity contribution < 1.29 is 5.11 Å². The highest BCUT2D eigenvalue weighted by Crippen LogP contribution is 2.19. The first-order valence-corrected chi connectivity index (χ1v) is 7.84. The minimum Gasteiger partial charge on any atom is -0.395 e. The van der Waals surface area contributed by atoms with E-state index in [1.165, 1.54) is 0 Å². The molecule has 0 radical (unpaired) electrons. The van der Waals surface area contributed by atoms with Crippen molar-refractivity contribution in [1.29, 1.82) is 0 Å². The normalized spacial score (nSPS) is 11.3. The quantitative estimate of drug-likeness (QED) is 0.806. The van der Waals surface area contributed by atoms with Crippen LogP contribution in [-0.2, 0) is 6.54 Å². The summed E-state index contributed by atoms with van der Waals surface area (Å²) in [6.07, 6.45) is 2.23. The minimum absolute atomic E-state index is 0.147. The monoisotopic (exact) mass is 303 g/mol. The second-order valence-corrected chi connectivity index (χ2v) is 5.60. The molecule has 22 heavy (non-hydrogen) atoms. The van der Waals surface area contributed by atoms with Gasteiger partial charge in [-0.15, -0.1) is 5.10 Å². The second kappa shape index (κ2) is 8.00. The van der Waals surface area contributed by atoms with Gasteiger partial charge in [0.15, 0.2) is 5.82 Å². The average molecular weight is 303 g/mol. The highest BCUT2D eigenvalue weighted by molar-refractivity contribution is 5.46. The number of hydrogen-bond acceptors (Lipinski definition) is 5. The summed E-state index contributed by atoms with van der Waals surface area (Å²) in [6, 6.07) is 6.17. The summed E-state index contributed by atoms with van der Waals surface area (Å²) in [5.74, 6) is 0.807. The van der Waals surface area contributed by atoms with Crippen molar-refractivity contribution in [1.82, 2.24) is 25.1 Å². The largest absolute Gasteiger partial charge is 0.395 e. The van der Waals surface area contributed by atoms with Gasteiger partial charge >= 0.3 is 0 Å². The van der Waals surface area contributed by atoms with E-state index >= 15 is 0 Å². The molecule has 1 N–H and O–H groups in total. The fourth-order valence-electron chi connectivity index (χ4n) is 2.61. The van der Waals surface area contributed by atoms with Gasteiger partial charge in [0.1, 0.15) is 0 Å². The van der Waals surface area contributed by atoms with Crippen molar-refractivity contribution in [3.05, 3.63) is 35.2 Å². The zero-order valence-corrected chi connectivity index (χ0v) is 13.7. The zero-order chi connectivity index (χ0) is 15.9. The third-order valence-corrected chi connectivity index (χ3v) is 3.79. The van der Waals surface area contributed by atoms with Crippen LogP contribution >= 0.6 is 0 Å². The fourth-order valence-corrected chi connectivity index (χ4v) is 2.61. The maximum Gasteiger partial charge on any atom is 0.170 e. The lowest BCUT2D eigenvalue weighted by Gasteiger charge is -2.20. The Hall–Kier alpha value is -1.79. The molecular weight excluding hydrogens is 278 g/mol. The molecule has 0 fully saturated rings. The molecule has 6 nitrogen and oxygen atoms in total. The number of aliphatic hydroxyl groups is 1. The first-order valence-electron chi connectivity index (χ1n) is 7.84. The van der Waals surface area contributed by atoms with E-state index in [0.717, 1.165) is 42.0 Å². The van der Waals surface area contributed by atoms with Crippen LogP contribution in [0.1, 0.15) is 36.7 Å². The fraction of sp³-hybridized carbons (Fsp3) is 0.562. The van der Waals surface area contributed by atoms with Gasteiger partial charge in [0.05, 0.1) is 18.8 Å². The Labute approximate surface area is 131 Å². The van der Waals surface area contributed by atoms with Crippen LogP contribution in [0.5, 0.6) is 0 Å². The predicted molar refractivity (Wildman–Crippen MR) is 85.9 cm³/mol. The number of aliphatic hydroxyl groups excluding tert-OH is 1. The summed E-state index contributed by atoms with van der Waals surface area (Å²) in [5, 5.41) is 21.4. The molecule has 1 heterocycles. The van der Waals surface area contributed by atoms with E-state index in [-0.39, 0.29) is 6.61 Å². The maximum atomic E-state index is 9.24. The first kappa shape index (κ1) is 16.6. The number of unbranched alkanes of at least 4 members (excludes halogenated alkanes) is 1. The molecule has 2 rings (SSSR count). The summed E-state index contributed by atoms with van der Waals surface area (Å²) in [7, 11) is 0. The van der Waals surface area contributed by atoms with Crippen molar-refractivity contribution >= 4 is 0 Å². The topological polar surface area (TPSA) is 67.1 Å². The summed E-state index contributed by atoms with van der Waals surface area (Å²) < 4.78 is 1.82. The van der Waals surface area contributed by atoms with Crippen molar-refractivity contribution in [3.63, 3.8) is 0 Å². The molecule has 0 amide bonds. The molecule has 0 saturated heterocycles. The summed E-state index contributed by atoms with van der Waals surface area (Å²) in [4.78, 5) is 2.19. The molecule has 1 aromatic heterocycles. The number of aromatic nitrogens is 4. The lowest BCUT2D eigenvalue weighted by atomic mass is 10.1. The van der Waals surface area contributed by atoms with Crippen molar-refractivity contribution in [3.8, 4) is 5.69 Å². The van der Waals surface area contributed by atoms with E-state index < -0.39 is 0 Å². The van der Waals surface area contributed by atoms with E-state index in [1.807, 2.05) is 10.7 Å². The first-order chi connectivity index (χ1) is 10.7. The number of rotatable bonds is 8. The number of aryl methyl sites for hydroxylation is 2. The van der Waals surface area contributed by atoms with Gasteiger partial charge in [0.2, 0.25) is 0 Å². The highest BCUT2D eigenvalue weighted by atomic mass is 16.3. The molecule has 0 aliphatic carbocycles. The Morgan fingerprint density at radius 3 is 2.55 bits per heavy atom. The maximum absolute atomic E-state index is 9.24. The van der Waals surface area contributed by atoms with Gasteiger partial charge in [-0.1, -0.05) is 31.5 Å². The van der Waals surface area contributed by atoms with Crippen LogP contribution in [0.15, 0.2) is 18.2 Å². The Kier molecular flexibility index (Phi) is 6.03. The van der Waals surface area contributed by atoms with Gasteiger partial charge in [-0.2, -0.15) is 4.68 Å². The molecule has 1 aromatic carbocycles. The molecule has 0 unspecified atom stereocenters. The third kappa shape index (κ3) is 3.90. The van der Waals surface area contributed by atoms with Gasteiger partial charge in [-0.3, -0.25) is 4.90 Å². The number of para-hydroxylation sites is 1. The number of nitrogens with zero attached hydrogens (tertiary/aromatic N) is 5. The van der Waals surface area contributed by atoms with Crippen LogP contribution < -0.4 is 0 Å². The van der Waals surface area contributed by atoms with E-state index in [0.29, 0.717) is 13.1 Å². The minimum atomic E-state index is 0.147. The summed E-state index contributed by atoms with van der Waals surface area (Å²) in [6.45, 7) is 8.66. The van der Waals surface area contributed by atoms with Crippen LogP contribution in [0, 0.1) is 13.8 Å². The van der Waals surface area contributed by atoms with Gasteiger partial charge in [-0.05, 0) is 48.4 Å². The molecule has 0 aliphatic heterocycles. The average Bonchev–Trinajstić information content (AvgIpc) is 2.93. The number of benzene rings is 1. The Morgan fingerprint density at radius 2 is 1.91 bits per heavy atom. The lowest BCUT2D eigenvalue weighted by molar-refractivity contribution is 0.184. The number of hydrogen-bond donors (Lipinski definition) is 1. The molecule has 0 saturated carbocycles. The van der Waals surface area contributed by atoms with Gasteiger partial charge < -0.3 is 5.11 Å². The summed E-state index contributed by atoms with van der Waals surface area (Å²) >= 11 is 0. The van der Waals surface area contributed by atoms with Crippen LogP contribution in [0.25, 0.3) is 5.69 Å². The van der Waals surface area contributed by atoms with Crippen molar-refractivity contribution in [2.24, 2.45) is 0 Å². The van der Waals surface area contributed by atoms with E-state index in [4.69, 9.17) is 0 Å². The van der Waals surface area contributed by atoms with Crippen LogP contribution in [-0.4, -0.2) is 49.9 Å². The zero-order valence-electron chi connectivity index (χ0n) is 13.7. The van der Waals surface area contributed by atoms with Crippen LogP contribution in [0.4, 0.5) is 0 Å². The van der Waals surface area contributed by atoms with Gasteiger partial charge in [0.25, 0.3) is 0 Å². The SMILES string of the molecule is CCCCN(CCO)Cc1nnnn1-c1c(C)cccc1C. The third-order valence-electron chi connectivity index (χ3n) is 3.79. The van der Waals surface area contributed by atoms with E-state index in [1.54, 1.807) is 0 Å². The Balaban J connectivity index is 2.25. The molecule has 0 atom stereocenters. The Bertz CT molecular complexity index is 576. The Morgan fingerprint density at radius 1 is 1.18 bits per heavy atom. The molecule has 0 aliphatic rings. The molecule has 0 spiro atoms. The smallest absolute Gasteiger partial charge is 0.170 e. The van der Waals surface area contributed by atoms with E-state index in [2.05, 4.69) is 53.3 Å². The van der Waals surface area contributed by atoms with Gasteiger partial charge in [0, 0.05) is 6.54 Å². The number of tetrazole rings is 1. The second-order valence-electron chi connectivity index (χ2n) is 5.60. The molecule has 2 aromatic rings. The van der Waals surface area contributed by atoms with Gasteiger partial charge in [-0.25, -0.2) is 0 Å². The molecule has 0 bridgehead atoms. The van der Waals surface area contributed by atoms with Crippen LogP contribution in [0.3, 0.4) is 0 Å². The molecule has 120 valence electrons. The summed E-state index contributed by atoms with van der Waals surface area (Å²) in [5.41, 5.74) is 3.34. The van der Waals surface area contributed by atoms with Crippen molar-refractivity contribution in [2.75, 3.05) is 19.7 Å². The van der Waals surface area contributed by atoms with Crippen molar-refractivity contribution in [2.45, 2.75) is 40.2 Å². The highest BCUT2D eigenvalue weighted by Gasteiger charge is 2.15.